The molecule has 0 aromatic rings. The minimum atomic E-state index is -4.89. The van der Waals surface area contributed by atoms with Crippen LogP contribution in [0.1, 0.15) is 6.42 Å². The first-order chi connectivity index (χ1) is 5.79. The van der Waals surface area contributed by atoms with Crippen LogP contribution >= 0.6 is 0 Å². The summed E-state index contributed by atoms with van der Waals surface area (Å²) in [4.78, 5) is 10.4. The Balaban J connectivity index is 2.97. The highest BCUT2D eigenvalue weighted by molar-refractivity contribution is 5.80. The van der Waals surface area contributed by atoms with Gasteiger partial charge in [0.05, 0.1) is 6.10 Å². The summed E-state index contributed by atoms with van der Waals surface area (Å²) >= 11 is 0. The highest BCUT2D eigenvalue weighted by Gasteiger charge is 2.63. The number of carboxylic acids is 1. The van der Waals surface area contributed by atoms with Gasteiger partial charge in [-0.2, -0.15) is 13.2 Å². The Kier molecular flexibility index (Phi) is 2.25. The summed E-state index contributed by atoms with van der Waals surface area (Å²) in [5, 5.41) is 19.1. The number of rotatable bonds is 1. The molecule has 0 saturated carbocycles. The summed E-state index contributed by atoms with van der Waals surface area (Å²) in [6.07, 6.45) is -7.00. The summed E-state index contributed by atoms with van der Waals surface area (Å²) in [7, 11) is 0. The van der Waals surface area contributed by atoms with E-state index in [0.29, 0.717) is 0 Å². The second kappa shape index (κ2) is 2.85. The van der Waals surface area contributed by atoms with Crippen LogP contribution in [0.15, 0.2) is 0 Å². The molecule has 13 heavy (non-hydrogen) atoms. The molecule has 1 fully saturated rings. The highest BCUT2D eigenvalue weighted by Crippen LogP contribution is 2.37. The predicted octanol–water partition coefficient (Wildman–Crippen LogP) is -0.274. The van der Waals surface area contributed by atoms with Gasteiger partial charge < -0.3 is 10.2 Å². The molecule has 0 bridgehead atoms. The standard InChI is InChI=1S/C6H8F3NO3/c7-6(8,9)5(4(12)13)1-3(11)2-10-5/h3,10-11H,1-2H2,(H,12,13)/t3-,5-/m0/s1. The van der Waals surface area contributed by atoms with Crippen molar-refractivity contribution in [2.75, 3.05) is 6.54 Å². The second-order valence-electron chi connectivity index (χ2n) is 2.95. The van der Waals surface area contributed by atoms with Gasteiger partial charge in [-0.3, -0.25) is 5.32 Å². The Morgan fingerprint density at radius 2 is 2.08 bits per heavy atom. The van der Waals surface area contributed by atoms with E-state index in [-0.39, 0.29) is 6.54 Å². The summed E-state index contributed by atoms with van der Waals surface area (Å²) in [5.74, 6) is -2.00. The van der Waals surface area contributed by atoms with Gasteiger partial charge in [0.15, 0.2) is 0 Å². The Bertz CT molecular complexity index is 230. The second-order valence-corrected chi connectivity index (χ2v) is 2.95. The molecule has 1 rings (SSSR count). The number of carbonyl (C=O) groups is 1. The lowest BCUT2D eigenvalue weighted by Crippen LogP contribution is -2.58. The molecule has 0 aliphatic carbocycles. The van der Waals surface area contributed by atoms with Crippen LogP contribution in [0.5, 0.6) is 0 Å². The predicted molar refractivity (Wildman–Crippen MR) is 35.0 cm³/mol. The topological polar surface area (TPSA) is 69.6 Å². The van der Waals surface area contributed by atoms with Gasteiger partial charge in [0, 0.05) is 13.0 Å². The number of aliphatic carboxylic acids is 1. The van der Waals surface area contributed by atoms with Crippen molar-refractivity contribution in [3.63, 3.8) is 0 Å². The Morgan fingerprint density at radius 3 is 2.23 bits per heavy atom. The number of aliphatic hydroxyl groups excluding tert-OH is 1. The van der Waals surface area contributed by atoms with E-state index in [0.717, 1.165) is 0 Å². The maximum Gasteiger partial charge on any atom is 0.417 e. The van der Waals surface area contributed by atoms with Crippen LogP contribution in [0.25, 0.3) is 0 Å². The summed E-state index contributed by atoms with van der Waals surface area (Å²) in [5.41, 5.74) is -2.98. The number of alkyl halides is 3. The maximum absolute atomic E-state index is 12.3. The van der Waals surface area contributed by atoms with E-state index in [1.54, 1.807) is 5.32 Å². The van der Waals surface area contributed by atoms with Crippen molar-refractivity contribution in [3.05, 3.63) is 0 Å². The van der Waals surface area contributed by atoms with Crippen LogP contribution in [0, 0.1) is 0 Å². The van der Waals surface area contributed by atoms with Crippen LogP contribution in [-0.4, -0.2) is 40.5 Å². The van der Waals surface area contributed by atoms with Crippen LogP contribution in [0.2, 0.25) is 0 Å². The van der Waals surface area contributed by atoms with Gasteiger partial charge in [-0.05, 0) is 0 Å². The van der Waals surface area contributed by atoms with Gasteiger partial charge >= 0.3 is 12.1 Å². The van der Waals surface area contributed by atoms with Crippen molar-refractivity contribution in [1.29, 1.82) is 0 Å². The zero-order valence-electron chi connectivity index (χ0n) is 6.43. The van der Waals surface area contributed by atoms with Gasteiger partial charge in [-0.1, -0.05) is 0 Å². The zero-order chi connectivity index (χ0) is 10.3. The fourth-order valence-corrected chi connectivity index (χ4v) is 1.29. The van der Waals surface area contributed by atoms with E-state index in [1.807, 2.05) is 0 Å². The Hall–Kier alpha value is -0.820. The third kappa shape index (κ3) is 1.49. The van der Waals surface area contributed by atoms with Crippen molar-refractivity contribution < 1.29 is 28.2 Å². The average Bonchev–Trinajstić information content (AvgIpc) is 2.30. The lowest BCUT2D eigenvalue weighted by molar-refractivity contribution is -0.207. The van der Waals surface area contributed by atoms with Crippen molar-refractivity contribution in [1.82, 2.24) is 5.32 Å². The number of β-amino-alcohol motifs (C(OH)–C–C–N with tert-alkyl or cyclic N) is 1. The summed E-state index contributed by atoms with van der Waals surface area (Å²) in [6.45, 7) is -0.355. The lowest BCUT2D eigenvalue weighted by Gasteiger charge is -2.26. The quantitative estimate of drug-likeness (QED) is 0.543. The third-order valence-corrected chi connectivity index (χ3v) is 2.03. The van der Waals surface area contributed by atoms with Crippen LogP contribution in [-0.2, 0) is 4.79 Å². The van der Waals surface area contributed by atoms with Crippen molar-refractivity contribution in [2.45, 2.75) is 24.2 Å². The number of halogens is 3. The fourth-order valence-electron chi connectivity index (χ4n) is 1.29. The van der Waals surface area contributed by atoms with Gasteiger partial charge in [-0.15, -0.1) is 0 Å². The SMILES string of the molecule is O=C(O)[C@]1(C(F)(F)F)C[C@H](O)CN1. The minimum Gasteiger partial charge on any atom is -0.480 e. The van der Waals surface area contributed by atoms with Gasteiger partial charge in [0.1, 0.15) is 0 Å². The number of hydrogen-bond acceptors (Lipinski definition) is 3. The van der Waals surface area contributed by atoms with Crippen molar-refractivity contribution >= 4 is 5.97 Å². The van der Waals surface area contributed by atoms with E-state index < -0.39 is 30.2 Å². The molecule has 0 amide bonds. The van der Waals surface area contributed by atoms with Crippen molar-refractivity contribution in [3.8, 4) is 0 Å². The molecule has 0 unspecified atom stereocenters. The molecule has 2 atom stereocenters. The number of aliphatic hydroxyl groups is 1. The summed E-state index contributed by atoms with van der Waals surface area (Å²) < 4.78 is 36.9. The monoisotopic (exact) mass is 199 g/mol. The van der Waals surface area contributed by atoms with Crippen molar-refractivity contribution in [2.24, 2.45) is 0 Å². The molecule has 7 heteroatoms. The van der Waals surface area contributed by atoms with E-state index in [4.69, 9.17) is 10.2 Å². The summed E-state index contributed by atoms with van der Waals surface area (Å²) in [6, 6.07) is 0. The molecule has 4 nitrogen and oxygen atoms in total. The molecular formula is C6H8F3NO3. The molecule has 0 radical (unpaired) electrons. The van der Waals surface area contributed by atoms with Crippen LogP contribution in [0.3, 0.4) is 0 Å². The molecule has 1 heterocycles. The smallest absolute Gasteiger partial charge is 0.417 e. The van der Waals surface area contributed by atoms with Gasteiger partial charge in [0.2, 0.25) is 5.54 Å². The van der Waals surface area contributed by atoms with E-state index >= 15 is 0 Å². The molecule has 0 aromatic carbocycles. The number of carboxylic acid groups (broad SMARTS) is 1. The van der Waals surface area contributed by atoms with Gasteiger partial charge in [0.25, 0.3) is 0 Å². The molecule has 1 saturated heterocycles. The fraction of sp³-hybridized carbons (Fsp3) is 0.833. The average molecular weight is 199 g/mol. The molecule has 76 valence electrons. The highest BCUT2D eigenvalue weighted by atomic mass is 19.4. The first-order valence-corrected chi connectivity index (χ1v) is 3.53. The number of hydrogen-bond donors (Lipinski definition) is 3. The zero-order valence-corrected chi connectivity index (χ0v) is 6.43. The first-order valence-electron chi connectivity index (χ1n) is 3.53. The molecule has 1 aliphatic heterocycles. The lowest BCUT2D eigenvalue weighted by atomic mass is 9.96. The van der Waals surface area contributed by atoms with Gasteiger partial charge in [-0.25, -0.2) is 4.79 Å². The van der Waals surface area contributed by atoms with E-state index in [1.165, 1.54) is 0 Å². The molecule has 1 aliphatic rings. The Labute approximate surface area is 71.4 Å². The van der Waals surface area contributed by atoms with Crippen LogP contribution < -0.4 is 5.32 Å². The first kappa shape index (κ1) is 10.3. The number of nitrogens with one attached hydrogen (secondary N) is 1. The van der Waals surface area contributed by atoms with E-state index in [2.05, 4.69) is 0 Å². The molecule has 3 N–H and O–H groups in total. The molecule has 0 aromatic heterocycles. The molecular weight excluding hydrogens is 191 g/mol. The van der Waals surface area contributed by atoms with E-state index in [9.17, 15) is 18.0 Å². The maximum atomic E-state index is 12.3. The Morgan fingerprint density at radius 1 is 1.54 bits per heavy atom. The largest absolute Gasteiger partial charge is 0.480 e. The van der Waals surface area contributed by atoms with Crippen LogP contribution in [0.4, 0.5) is 13.2 Å². The minimum absolute atomic E-state index is 0.355. The third-order valence-electron chi connectivity index (χ3n) is 2.03. The molecule has 0 spiro atoms. The normalized spacial score (nSPS) is 34.9.